The first-order valence-corrected chi connectivity index (χ1v) is 8.34. The van der Waals surface area contributed by atoms with Crippen LogP contribution in [0, 0.1) is 13.8 Å². The second kappa shape index (κ2) is 8.88. The quantitative estimate of drug-likeness (QED) is 0.723. The molecule has 0 aliphatic rings. The molecule has 8 nitrogen and oxygen atoms in total. The third kappa shape index (κ3) is 4.87. The number of para-hydroxylation sites is 1. The van der Waals surface area contributed by atoms with Gasteiger partial charge in [-0.15, -0.1) is 0 Å². The second-order valence-electron chi connectivity index (χ2n) is 5.85. The van der Waals surface area contributed by atoms with Crippen molar-refractivity contribution in [2.24, 2.45) is 7.05 Å². The van der Waals surface area contributed by atoms with Crippen LogP contribution in [0.2, 0.25) is 0 Å². The minimum Gasteiger partial charge on any atom is -0.493 e. The van der Waals surface area contributed by atoms with E-state index in [4.69, 9.17) is 9.47 Å². The maximum absolute atomic E-state index is 12.1. The Morgan fingerprint density at radius 3 is 2.56 bits per heavy atom. The van der Waals surface area contributed by atoms with E-state index in [0.717, 1.165) is 11.4 Å². The van der Waals surface area contributed by atoms with E-state index < -0.39 is 5.91 Å². The summed E-state index contributed by atoms with van der Waals surface area (Å²) in [6.45, 7) is 3.52. The van der Waals surface area contributed by atoms with Crippen molar-refractivity contribution >= 4 is 23.6 Å². The number of nitrogens with zero attached hydrogens (tertiary/aromatic N) is 2. The molecule has 144 valence electrons. The summed E-state index contributed by atoms with van der Waals surface area (Å²) < 4.78 is 12.2. The molecule has 0 radical (unpaired) electrons. The Labute approximate surface area is 158 Å². The van der Waals surface area contributed by atoms with Crippen molar-refractivity contribution in [3.63, 3.8) is 0 Å². The van der Waals surface area contributed by atoms with Gasteiger partial charge in [0, 0.05) is 18.7 Å². The smallest absolute Gasteiger partial charge is 0.244 e. The average molecular weight is 372 g/mol. The van der Waals surface area contributed by atoms with E-state index in [1.165, 1.54) is 13.2 Å². The highest BCUT2D eigenvalue weighted by Crippen LogP contribution is 2.31. The largest absolute Gasteiger partial charge is 0.493 e. The number of hydrogen-bond donors (Lipinski definition) is 2. The van der Waals surface area contributed by atoms with Crippen molar-refractivity contribution in [2.75, 3.05) is 26.1 Å². The number of carbonyl (C=O) groups excluding carboxylic acids is 2. The number of ether oxygens (including phenoxy) is 2. The monoisotopic (exact) mass is 372 g/mol. The molecule has 0 spiro atoms. The van der Waals surface area contributed by atoms with Crippen LogP contribution in [0.3, 0.4) is 0 Å². The average Bonchev–Trinajstić information content (AvgIpc) is 2.90. The fourth-order valence-corrected chi connectivity index (χ4v) is 2.57. The van der Waals surface area contributed by atoms with Crippen LogP contribution in [0.1, 0.15) is 17.0 Å². The Hall–Kier alpha value is -3.29. The van der Waals surface area contributed by atoms with E-state index in [1.807, 2.05) is 13.8 Å². The van der Waals surface area contributed by atoms with Gasteiger partial charge < -0.3 is 20.1 Å². The van der Waals surface area contributed by atoms with Gasteiger partial charge in [0.05, 0.1) is 37.8 Å². The van der Waals surface area contributed by atoms with Gasteiger partial charge >= 0.3 is 0 Å². The molecule has 8 heteroatoms. The van der Waals surface area contributed by atoms with Crippen molar-refractivity contribution in [3.05, 3.63) is 41.2 Å². The van der Waals surface area contributed by atoms with Crippen molar-refractivity contribution in [3.8, 4) is 11.5 Å². The highest BCUT2D eigenvalue weighted by molar-refractivity contribution is 5.98. The minimum atomic E-state index is -0.394. The number of hydrogen-bond acceptors (Lipinski definition) is 5. The maximum atomic E-state index is 12.1. The lowest BCUT2D eigenvalue weighted by Gasteiger charge is -2.09. The third-order valence-electron chi connectivity index (χ3n) is 4.04. The molecule has 0 unspecified atom stereocenters. The standard InChI is InChI=1S/C19H24N4O4/c1-12-18(13(2)23(3)22-12)21-17(25)11-20-16(24)10-9-14-7-6-8-15(26-4)19(14)27-5/h6-10H,11H2,1-5H3,(H,20,24)(H,21,25)/b10-9+. The number of carbonyl (C=O) groups is 2. The first-order chi connectivity index (χ1) is 12.9. The molecule has 0 saturated heterocycles. The molecular weight excluding hydrogens is 348 g/mol. The first kappa shape index (κ1) is 20.0. The number of methoxy groups -OCH3 is 2. The van der Waals surface area contributed by atoms with E-state index in [-0.39, 0.29) is 12.5 Å². The molecule has 27 heavy (non-hydrogen) atoms. The van der Waals surface area contributed by atoms with E-state index >= 15 is 0 Å². The molecule has 0 saturated carbocycles. The molecule has 1 heterocycles. The van der Waals surface area contributed by atoms with Gasteiger partial charge in [-0.2, -0.15) is 5.10 Å². The molecule has 0 fully saturated rings. The van der Waals surface area contributed by atoms with Gasteiger partial charge in [0.2, 0.25) is 11.8 Å². The molecule has 2 N–H and O–H groups in total. The number of nitrogens with one attached hydrogen (secondary N) is 2. The summed E-state index contributed by atoms with van der Waals surface area (Å²) in [6, 6.07) is 5.36. The SMILES string of the molecule is COc1cccc(/C=C/C(=O)NCC(=O)Nc2c(C)nn(C)c2C)c1OC. The van der Waals surface area contributed by atoms with Crippen molar-refractivity contribution in [1.29, 1.82) is 0 Å². The van der Waals surface area contributed by atoms with Gasteiger partial charge in [0.1, 0.15) is 0 Å². The molecule has 1 aromatic carbocycles. The highest BCUT2D eigenvalue weighted by atomic mass is 16.5. The van der Waals surface area contributed by atoms with Crippen LogP contribution in [0.25, 0.3) is 6.08 Å². The number of anilines is 1. The Balaban J connectivity index is 1.94. The van der Waals surface area contributed by atoms with Crippen molar-refractivity contribution in [1.82, 2.24) is 15.1 Å². The topological polar surface area (TPSA) is 94.5 Å². The van der Waals surface area contributed by atoms with E-state index in [2.05, 4.69) is 15.7 Å². The van der Waals surface area contributed by atoms with Crippen molar-refractivity contribution < 1.29 is 19.1 Å². The molecule has 0 aliphatic heterocycles. The van der Waals surface area contributed by atoms with Gasteiger partial charge in [-0.1, -0.05) is 12.1 Å². The van der Waals surface area contributed by atoms with Crippen LogP contribution in [0.15, 0.2) is 24.3 Å². The lowest BCUT2D eigenvalue weighted by molar-refractivity contribution is -0.121. The van der Waals surface area contributed by atoms with Crippen LogP contribution in [-0.2, 0) is 16.6 Å². The Morgan fingerprint density at radius 1 is 1.22 bits per heavy atom. The van der Waals surface area contributed by atoms with Crippen LogP contribution in [-0.4, -0.2) is 42.4 Å². The van der Waals surface area contributed by atoms with Crippen LogP contribution in [0.4, 0.5) is 5.69 Å². The lowest BCUT2D eigenvalue weighted by atomic mass is 10.1. The zero-order valence-corrected chi connectivity index (χ0v) is 16.1. The summed E-state index contributed by atoms with van der Waals surface area (Å²) in [7, 11) is 4.88. The minimum absolute atomic E-state index is 0.147. The second-order valence-corrected chi connectivity index (χ2v) is 5.85. The van der Waals surface area contributed by atoms with Crippen LogP contribution < -0.4 is 20.1 Å². The zero-order chi connectivity index (χ0) is 20.0. The van der Waals surface area contributed by atoms with E-state index in [9.17, 15) is 9.59 Å². The van der Waals surface area contributed by atoms with Gasteiger partial charge in [-0.3, -0.25) is 14.3 Å². The summed E-state index contributed by atoms with van der Waals surface area (Å²) in [5.74, 6) is 0.385. The fourth-order valence-electron chi connectivity index (χ4n) is 2.57. The molecule has 0 aliphatic carbocycles. The predicted molar refractivity (Wildman–Crippen MR) is 103 cm³/mol. The molecule has 0 bridgehead atoms. The molecule has 2 aromatic rings. The molecule has 0 atom stereocenters. The first-order valence-electron chi connectivity index (χ1n) is 8.34. The molecule has 2 amide bonds. The zero-order valence-electron chi connectivity index (χ0n) is 16.1. The van der Waals surface area contributed by atoms with Gasteiger partial charge in [0.15, 0.2) is 11.5 Å². The molecule has 1 aromatic heterocycles. The predicted octanol–water partition coefficient (Wildman–Crippen LogP) is 1.82. The Kier molecular flexibility index (Phi) is 6.59. The van der Waals surface area contributed by atoms with E-state index in [0.29, 0.717) is 22.7 Å². The van der Waals surface area contributed by atoms with Gasteiger partial charge in [-0.25, -0.2) is 0 Å². The summed E-state index contributed by atoms with van der Waals surface area (Å²) >= 11 is 0. The van der Waals surface area contributed by atoms with Gasteiger partial charge in [0.25, 0.3) is 0 Å². The summed E-state index contributed by atoms with van der Waals surface area (Å²) in [6.07, 6.45) is 2.94. The number of amides is 2. The van der Waals surface area contributed by atoms with Crippen molar-refractivity contribution in [2.45, 2.75) is 13.8 Å². The van der Waals surface area contributed by atoms with Crippen LogP contribution in [0.5, 0.6) is 11.5 Å². The summed E-state index contributed by atoms with van der Waals surface area (Å²) in [5, 5.41) is 9.55. The molecule has 2 rings (SSSR count). The summed E-state index contributed by atoms with van der Waals surface area (Å²) in [4.78, 5) is 24.1. The highest BCUT2D eigenvalue weighted by Gasteiger charge is 2.13. The number of rotatable bonds is 7. The lowest BCUT2D eigenvalue weighted by Crippen LogP contribution is -2.32. The Morgan fingerprint density at radius 2 is 1.96 bits per heavy atom. The third-order valence-corrected chi connectivity index (χ3v) is 4.04. The van der Waals surface area contributed by atoms with Crippen LogP contribution >= 0.6 is 0 Å². The number of benzene rings is 1. The number of aryl methyl sites for hydroxylation is 2. The van der Waals surface area contributed by atoms with E-state index in [1.54, 1.807) is 43.1 Å². The maximum Gasteiger partial charge on any atom is 0.244 e. The molecular formula is C19H24N4O4. The fraction of sp³-hybridized carbons (Fsp3) is 0.316. The Bertz CT molecular complexity index is 871. The van der Waals surface area contributed by atoms with Gasteiger partial charge in [-0.05, 0) is 26.0 Å². The normalized spacial score (nSPS) is 10.7. The summed E-state index contributed by atoms with van der Waals surface area (Å²) in [5.41, 5.74) is 2.92. The number of aromatic nitrogens is 2.